The molecule has 88 valence electrons. The summed E-state index contributed by atoms with van der Waals surface area (Å²) in [6.45, 7) is 4.35. The minimum Gasteiger partial charge on any atom is -0.481 e. The van der Waals surface area contributed by atoms with Gasteiger partial charge in [-0.3, -0.25) is 4.79 Å². The van der Waals surface area contributed by atoms with Gasteiger partial charge in [0.15, 0.2) is 0 Å². The number of rotatable bonds is 6. The van der Waals surface area contributed by atoms with E-state index in [9.17, 15) is 4.79 Å². The molecule has 1 unspecified atom stereocenters. The Morgan fingerprint density at radius 3 is 2.38 bits per heavy atom. The summed E-state index contributed by atoms with van der Waals surface area (Å²) in [4.78, 5) is 10.6. The van der Waals surface area contributed by atoms with Crippen molar-refractivity contribution in [3.8, 4) is 0 Å². The van der Waals surface area contributed by atoms with Crippen LogP contribution in [0.3, 0.4) is 0 Å². The van der Waals surface area contributed by atoms with Crippen LogP contribution in [0, 0.1) is 5.92 Å². The molecule has 0 bridgehead atoms. The Kier molecular flexibility index (Phi) is 5.03. The molecule has 0 aliphatic rings. The maximum absolute atomic E-state index is 10.6. The summed E-state index contributed by atoms with van der Waals surface area (Å²) in [6.07, 6.45) is 2.04. The summed E-state index contributed by atoms with van der Waals surface area (Å²) in [6, 6.07) is 10.2. The maximum Gasteiger partial charge on any atom is 0.303 e. The molecule has 0 aliphatic carbocycles. The first-order chi connectivity index (χ1) is 7.59. The first-order valence-corrected chi connectivity index (χ1v) is 5.86. The number of aliphatic carboxylic acids is 1. The maximum atomic E-state index is 10.6. The molecule has 1 aromatic rings. The average molecular weight is 220 g/mol. The number of carboxylic acid groups (broad SMARTS) is 1. The highest BCUT2D eigenvalue weighted by Gasteiger charge is 2.14. The smallest absolute Gasteiger partial charge is 0.303 e. The van der Waals surface area contributed by atoms with Crippen molar-refractivity contribution >= 4 is 5.97 Å². The Bertz CT molecular complexity index is 317. The van der Waals surface area contributed by atoms with Gasteiger partial charge in [-0.15, -0.1) is 0 Å². The summed E-state index contributed by atoms with van der Waals surface area (Å²) in [5.41, 5.74) is 1.26. The number of carboxylic acids is 1. The summed E-state index contributed by atoms with van der Waals surface area (Å²) >= 11 is 0. The lowest BCUT2D eigenvalue weighted by Crippen LogP contribution is -2.06. The van der Waals surface area contributed by atoms with Gasteiger partial charge in [-0.1, -0.05) is 44.2 Å². The van der Waals surface area contributed by atoms with Gasteiger partial charge in [-0.05, 0) is 30.2 Å². The molecular weight excluding hydrogens is 200 g/mol. The molecule has 1 N–H and O–H groups in total. The van der Waals surface area contributed by atoms with Crippen LogP contribution in [0.15, 0.2) is 30.3 Å². The second kappa shape index (κ2) is 6.31. The molecule has 2 nitrogen and oxygen atoms in total. The third-order valence-corrected chi connectivity index (χ3v) is 2.73. The van der Waals surface area contributed by atoms with Crippen molar-refractivity contribution in [2.45, 2.75) is 39.0 Å². The lowest BCUT2D eigenvalue weighted by atomic mass is 9.87. The molecule has 0 heterocycles. The SMILES string of the molecule is CC(C)CC(CCC(=O)O)c1ccccc1. The highest BCUT2D eigenvalue weighted by atomic mass is 16.4. The van der Waals surface area contributed by atoms with Crippen LogP contribution in [0.1, 0.15) is 44.6 Å². The lowest BCUT2D eigenvalue weighted by Gasteiger charge is -2.18. The van der Waals surface area contributed by atoms with E-state index >= 15 is 0 Å². The topological polar surface area (TPSA) is 37.3 Å². The molecule has 1 aromatic carbocycles. The van der Waals surface area contributed by atoms with Gasteiger partial charge in [-0.25, -0.2) is 0 Å². The van der Waals surface area contributed by atoms with Gasteiger partial charge in [0.05, 0.1) is 0 Å². The Balaban J connectivity index is 2.67. The predicted molar refractivity (Wildman–Crippen MR) is 65.5 cm³/mol. The third kappa shape index (κ3) is 4.47. The minimum absolute atomic E-state index is 0.256. The number of benzene rings is 1. The lowest BCUT2D eigenvalue weighted by molar-refractivity contribution is -0.137. The van der Waals surface area contributed by atoms with E-state index in [1.807, 2.05) is 18.2 Å². The molecule has 1 rings (SSSR count). The Hall–Kier alpha value is -1.31. The molecule has 0 aliphatic heterocycles. The van der Waals surface area contributed by atoms with E-state index in [1.54, 1.807) is 0 Å². The van der Waals surface area contributed by atoms with Gasteiger partial charge in [0.1, 0.15) is 0 Å². The van der Waals surface area contributed by atoms with Crippen LogP contribution in [-0.2, 0) is 4.79 Å². The monoisotopic (exact) mass is 220 g/mol. The number of carbonyl (C=O) groups is 1. The standard InChI is InChI=1S/C14H20O2/c1-11(2)10-13(8-9-14(15)16)12-6-4-3-5-7-12/h3-7,11,13H,8-10H2,1-2H3,(H,15,16). The van der Waals surface area contributed by atoms with Crippen molar-refractivity contribution in [1.29, 1.82) is 0 Å². The van der Waals surface area contributed by atoms with Gasteiger partial charge < -0.3 is 5.11 Å². The fraction of sp³-hybridized carbons (Fsp3) is 0.500. The molecule has 0 fully saturated rings. The Labute approximate surface area is 97.3 Å². The normalized spacial score (nSPS) is 12.7. The highest BCUT2D eigenvalue weighted by Crippen LogP contribution is 2.28. The zero-order valence-corrected chi connectivity index (χ0v) is 10.0. The van der Waals surface area contributed by atoms with Crippen LogP contribution in [0.4, 0.5) is 0 Å². The molecular formula is C14H20O2. The molecule has 0 radical (unpaired) electrons. The van der Waals surface area contributed by atoms with Crippen LogP contribution in [0.25, 0.3) is 0 Å². The first kappa shape index (κ1) is 12.8. The molecule has 0 spiro atoms. The van der Waals surface area contributed by atoms with Gasteiger partial charge in [0.2, 0.25) is 0 Å². The zero-order valence-electron chi connectivity index (χ0n) is 10.0. The van der Waals surface area contributed by atoms with Crippen LogP contribution in [0.2, 0.25) is 0 Å². The van der Waals surface area contributed by atoms with E-state index in [2.05, 4.69) is 26.0 Å². The van der Waals surface area contributed by atoms with Crippen LogP contribution in [0.5, 0.6) is 0 Å². The van der Waals surface area contributed by atoms with Crippen molar-refractivity contribution in [2.75, 3.05) is 0 Å². The summed E-state index contributed by atoms with van der Waals surface area (Å²) in [5, 5.41) is 8.74. The average Bonchev–Trinajstić information content (AvgIpc) is 2.25. The summed E-state index contributed by atoms with van der Waals surface area (Å²) in [5.74, 6) is 0.265. The van der Waals surface area contributed by atoms with E-state index in [0.29, 0.717) is 11.8 Å². The molecule has 1 atom stereocenters. The highest BCUT2D eigenvalue weighted by molar-refractivity contribution is 5.66. The van der Waals surface area contributed by atoms with Gasteiger partial charge in [-0.2, -0.15) is 0 Å². The van der Waals surface area contributed by atoms with E-state index in [-0.39, 0.29) is 6.42 Å². The third-order valence-electron chi connectivity index (χ3n) is 2.73. The fourth-order valence-electron chi connectivity index (χ4n) is 2.01. The van der Waals surface area contributed by atoms with Crippen LogP contribution in [-0.4, -0.2) is 11.1 Å². The first-order valence-electron chi connectivity index (χ1n) is 5.86. The van der Waals surface area contributed by atoms with E-state index in [1.165, 1.54) is 5.56 Å². The number of hydrogen-bond acceptors (Lipinski definition) is 1. The molecule has 0 aromatic heterocycles. The van der Waals surface area contributed by atoms with Crippen LogP contribution >= 0.6 is 0 Å². The van der Waals surface area contributed by atoms with Crippen molar-refractivity contribution in [1.82, 2.24) is 0 Å². The summed E-state index contributed by atoms with van der Waals surface area (Å²) in [7, 11) is 0. The Morgan fingerprint density at radius 2 is 1.88 bits per heavy atom. The molecule has 2 heteroatoms. The van der Waals surface area contributed by atoms with E-state index in [0.717, 1.165) is 12.8 Å². The van der Waals surface area contributed by atoms with Crippen molar-refractivity contribution in [2.24, 2.45) is 5.92 Å². The van der Waals surface area contributed by atoms with Gasteiger partial charge in [0, 0.05) is 6.42 Å². The molecule has 0 amide bonds. The minimum atomic E-state index is -0.704. The largest absolute Gasteiger partial charge is 0.481 e. The van der Waals surface area contributed by atoms with Crippen LogP contribution < -0.4 is 0 Å². The molecule has 0 saturated carbocycles. The molecule has 0 saturated heterocycles. The van der Waals surface area contributed by atoms with E-state index < -0.39 is 5.97 Å². The quantitative estimate of drug-likeness (QED) is 0.794. The predicted octanol–water partition coefficient (Wildman–Crippen LogP) is 3.68. The van der Waals surface area contributed by atoms with Crippen molar-refractivity contribution in [3.05, 3.63) is 35.9 Å². The van der Waals surface area contributed by atoms with Gasteiger partial charge >= 0.3 is 5.97 Å². The van der Waals surface area contributed by atoms with Crippen molar-refractivity contribution in [3.63, 3.8) is 0 Å². The summed E-state index contributed by atoms with van der Waals surface area (Å²) < 4.78 is 0. The van der Waals surface area contributed by atoms with Crippen molar-refractivity contribution < 1.29 is 9.90 Å². The second-order valence-corrected chi connectivity index (χ2v) is 4.67. The zero-order chi connectivity index (χ0) is 12.0. The second-order valence-electron chi connectivity index (χ2n) is 4.67. The van der Waals surface area contributed by atoms with Gasteiger partial charge in [0.25, 0.3) is 0 Å². The Morgan fingerprint density at radius 1 is 1.25 bits per heavy atom. The number of hydrogen-bond donors (Lipinski definition) is 1. The fourth-order valence-corrected chi connectivity index (χ4v) is 2.01. The molecule has 16 heavy (non-hydrogen) atoms. The van der Waals surface area contributed by atoms with E-state index in [4.69, 9.17) is 5.11 Å².